The number of carbonyl (C=O) groups is 1. The highest BCUT2D eigenvalue weighted by molar-refractivity contribution is 7.89. The maximum atomic E-state index is 11.5. The van der Waals surface area contributed by atoms with Gasteiger partial charge in [-0.2, -0.15) is 0 Å². The fraction of sp³-hybridized carbons (Fsp3) is 0.300. The van der Waals surface area contributed by atoms with Crippen LogP contribution in [0.25, 0.3) is 0 Å². The summed E-state index contributed by atoms with van der Waals surface area (Å²) in [5.74, 6) is -0.299. The second kappa shape index (κ2) is 5.09. The van der Waals surface area contributed by atoms with Gasteiger partial charge in [0.1, 0.15) is 0 Å². The Morgan fingerprint density at radius 1 is 1.44 bits per heavy atom. The minimum atomic E-state index is -3.76. The van der Waals surface area contributed by atoms with E-state index in [1.54, 1.807) is 6.07 Å². The van der Waals surface area contributed by atoms with E-state index in [9.17, 15) is 13.2 Å². The second-order valence-corrected chi connectivity index (χ2v) is 4.89. The van der Waals surface area contributed by atoms with E-state index in [2.05, 4.69) is 5.32 Å². The Hall–Kier alpha value is -1.40. The van der Waals surface area contributed by atoms with Crippen molar-refractivity contribution >= 4 is 15.9 Å². The first-order valence-electron chi connectivity index (χ1n) is 4.86. The van der Waals surface area contributed by atoms with E-state index in [0.717, 1.165) is 6.42 Å². The van der Waals surface area contributed by atoms with Crippen molar-refractivity contribution in [2.45, 2.75) is 18.2 Å². The summed E-state index contributed by atoms with van der Waals surface area (Å²) in [5, 5.41) is 7.62. The quantitative estimate of drug-likeness (QED) is 0.804. The molecule has 5 nitrogen and oxygen atoms in total. The van der Waals surface area contributed by atoms with E-state index in [1.807, 2.05) is 6.92 Å². The van der Waals surface area contributed by atoms with Crippen molar-refractivity contribution in [1.82, 2.24) is 5.32 Å². The van der Waals surface area contributed by atoms with Crippen LogP contribution < -0.4 is 10.5 Å². The number of carbonyl (C=O) groups excluding carboxylic acids is 1. The summed E-state index contributed by atoms with van der Waals surface area (Å²) in [6.07, 6.45) is 0.820. The topological polar surface area (TPSA) is 89.3 Å². The third-order valence-electron chi connectivity index (χ3n) is 1.96. The van der Waals surface area contributed by atoms with Gasteiger partial charge in [0.2, 0.25) is 10.0 Å². The van der Waals surface area contributed by atoms with Crippen LogP contribution >= 0.6 is 0 Å². The molecule has 16 heavy (non-hydrogen) atoms. The average Bonchev–Trinajstić information content (AvgIpc) is 2.25. The molecule has 0 aromatic heterocycles. The van der Waals surface area contributed by atoms with Crippen LogP contribution in [-0.4, -0.2) is 20.9 Å². The molecule has 0 aliphatic heterocycles. The molecule has 0 bridgehead atoms. The highest BCUT2D eigenvalue weighted by Crippen LogP contribution is 2.09. The van der Waals surface area contributed by atoms with Gasteiger partial charge in [-0.1, -0.05) is 13.0 Å². The number of nitrogens with two attached hydrogens (primary N) is 1. The van der Waals surface area contributed by atoms with E-state index in [0.29, 0.717) is 12.1 Å². The number of sulfonamides is 1. The van der Waals surface area contributed by atoms with E-state index in [4.69, 9.17) is 5.14 Å². The number of amides is 1. The summed E-state index contributed by atoms with van der Waals surface area (Å²) < 4.78 is 22.1. The van der Waals surface area contributed by atoms with Crippen LogP contribution in [0.15, 0.2) is 29.2 Å². The molecule has 0 aliphatic rings. The van der Waals surface area contributed by atoms with Crippen LogP contribution in [0.1, 0.15) is 23.7 Å². The third kappa shape index (κ3) is 3.32. The van der Waals surface area contributed by atoms with E-state index in [-0.39, 0.29) is 10.8 Å². The van der Waals surface area contributed by atoms with Gasteiger partial charge in [0.05, 0.1) is 4.90 Å². The van der Waals surface area contributed by atoms with Crippen molar-refractivity contribution < 1.29 is 13.2 Å². The molecule has 0 radical (unpaired) electrons. The summed E-state index contributed by atoms with van der Waals surface area (Å²) >= 11 is 0. The van der Waals surface area contributed by atoms with Gasteiger partial charge >= 0.3 is 0 Å². The Kier molecular flexibility index (Phi) is 4.03. The Morgan fingerprint density at radius 2 is 2.12 bits per heavy atom. The van der Waals surface area contributed by atoms with Crippen molar-refractivity contribution in [2.24, 2.45) is 5.14 Å². The molecule has 0 fully saturated rings. The monoisotopic (exact) mass is 242 g/mol. The Labute approximate surface area is 94.7 Å². The van der Waals surface area contributed by atoms with Crippen LogP contribution in [0.5, 0.6) is 0 Å². The third-order valence-corrected chi connectivity index (χ3v) is 2.87. The Morgan fingerprint density at radius 3 is 2.69 bits per heavy atom. The summed E-state index contributed by atoms with van der Waals surface area (Å²) in [5.41, 5.74) is 0.292. The normalized spacial score (nSPS) is 11.1. The molecule has 0 saturated carbocycles. The number of primary sulfonamides is 1. The minimum absolute atomic E-state index is 0.0587. The lowest BCUT2D eigenvalue weighted by Gasteiger charge is -2.04. The Balaban J connectivity index is 2.95. The molecule has 1 aromatic carbocycles. The van der Waals surface area contributed by atoms with Gasteiger partial charge in [-0.3, -0.25) is 4.79 Å². The molecule has 1 amide bonds. The van der Waals surface area contributed by atoms with Gasteiger partial charge in [0, 0.05) is 12.1 Å². The van der Waals surface area contributed by atoms with E-state index >= 15 is 0 Å². The maximum absolute atomic E-state index is 11.5. The first kappa shape index (κ1) is 12.7. The lowest BCUT2D eigenvalue weighted by atomic mass is 10.2. The largest absolute Gasteiger partial charge is 0.352 e. The van der Waals surface area contributed by atoms with E-state index < -0.39 is 10.0 Å². The van der Waals surface area contributed by atoms with Crippen LogP contribution in [0, 0.1) is 0 Å². The fourth-order valence-electron chi connectivity index (χ4n) is 1.15. The maximum Gasteiger partial charge on any atom is 0.251 e. The first-order valence-corrected chi connectivity index (χ1v) is 6.41. The summed E-state index contributed by atoms with van der Waals surface area (Å²) in [7, 11) is -3.76. The molecule has 0 unspecified atom stereocenters. The average molecular weight is 242 g/mol. The smallest absolute Gasteiger partial charge is 0.251 e. The van der Waals surface area contributed by atoms with Gasteiger partial charge in [-0.15, -0.1) is 0 Å². The van der Waals surface area contributed by atoms with Gasteiger partial charge in [0.15, 0.2) is 0 Å². The standard InChI is InChI=1S/C10H14N2O3S/c1-2-6-12-10(13)8-4-3-5-9(7-8)16(11,14)15/h3-5,7H,2,6H2,1H3,(H,12,13)(H2,11,14,15). The molecule has 1 rings (SSSR count). The lowest BCUT2D eigenvalue weighted by Crippen LogP contribution is -2.24. The molecule has 0 heterocycles. The van der Waals surface area contributed by atoms with Crippen LogP contribution in [0.3, 0.4) is 0 Å². The zero-order valence-electron chi connectivity index (χ0n) is 8.93. The van der Waals surface area contributed by atoms with Crippen molar-refractivity contribution in [2.75, 3.05) is 6.54 Å². The molecule has 6 heteroatoms. The highest BCUT2D eigenvalue weighted by Gasteiger charge is 2.11. The second-order valence-electron chi connectivity index (χ2n) is 3.33. The zero-order valence-corrected chi connectivity index (χ0v) is 9.75. The molecule has 0 atom stereocenters. The van der Waals surface area contributed by atoms with Crippen LogP contribution in [0.4, 0.5) is 0 Å². The van der Waals surface area contributed by atoms with E-state index in [1.165, 1.54) is 18.2 Å². The molecular formula is C10H14N2O3S. The number of benzene rings is 1. The SMILES string of the molecule is CCCNC(=O)c1cccc(S(N)(=O)=O)c1. The summed E-state index contributed by atoms with van der Waals surface area (Å²) in [6, 6.07) is 5.65. The fourth-order valence-corrected chi connectivity index (χ4v) is 1.71. The van der Waals surface area contributed by atoms with Gasteiger partial charge in [0.25, 0.3) is 5.91 Å². The predicted molar refractivity (Wildman–Crippen MR) is 60.4 cm³/mol. The number of hydrogen-bond acceptors (Lipinski definition) is 3. The molecule has 3 N–H and O–H groups in total. The van der Waals surface area contributed by atoms with Gasteiger partial charge in [-0.05, 0) is 24.6 Å². The molecule has 88 valence electrons. The van der Waals surface area contributed by atoms with Crippen molar-refractivity contribution in [3.8, 4) is 0 Å². The number of hydrogen-bond donors (Lipinski definition) is 2. The van der Waals surface area contributed by atoms with Crippen molar-refractivity contribution in [3.63, 3.8) is 0 Å². The van der Waals surface area contributed by atoms with Crippen molar-refractivity contribution in [3.05, 3.63) is 29.8 Å². The zero-order chi connectivity index (χ0) is 12.2. The molecule has 1 aromatic rings. The molecule has 0 aliphatic carbocycles. The highest BCUT2D eigenvalue weighted by atomic mass is 32.2. The first-order chi connectivity index (χ1) is 7.45. The van der Waals surface area contributed by atoms with Gasteiger partial charge in [-0.25, -0.2) is 13.6 Å². The molecule has 0 spiro atoms. The Bertz CT molecular complexity index is 483. The molecular weight excluding hydrogens is 228 g/mol. The minimum Gasteiger partial charge on any atom is -0.352 e. The summed E-state index contributed by atoms with van der Waals surface area (Å²) in [6.45, 7) is 2.49. The summed E-state index contributed by atoms with van der Waals surface area (Å²) in [4.78, 5) is 11.5. The van der Waals surface area contributed by atoms with Crippen molar-refractivity contribution in [1.29, 1.82) is 0 Å². The number of nitrogens with one attached hydrogen (secondary N) is 1. The van der Waals surface area contributed by atoms with Gasteiger partial charge < -0.3 is 5.32 Å². The molecule has 0 saturated heterocycles. The predicted octanol–water partition coefficient (Wildman–Crippen LogP) is 0.474. The lowest BCUT2D eigenvalue weighted by molar-refractivity contribution is 0.0953. The van der Waals surface area contributed by atoms with Crippen LogP contribution in [-0.2, 0) is 10.0 Å². The number of rotatable bonds is 4. The van der Waals surface area contributed by atoms with Crippen LogP contribution in [0.2, 0.25) is 0 Å².